The quantitative estimate of drug-likeness (QED) is 0.945. The van der Waals surface area contributed by atoms with Gasteiger partial charge in [0.05, 0.1) is 18.3 Å². The van der Waals surface area contributed by atoms with Crippen molar-refractivity contribution in [3.05, 3.63) is 46.2 Å². The first kappa shape index (κ1) is 12.3. The highest BCUT2D eigenvalue weighted by molar-refractivity contribution is 9.10. The molecule has 5 heteroatoms. The Labute approximate surface area is 109 Å². The zero-order valence-electron chi connectivity index (χ0n) is 9.89. The standard InChI is InChI=1S/C12H15BrN4/c1-12(2,14)11-8-17(16-15-11)7-9-5-3-4-6-10(9)13/h3-6,8H,7,14H2,1-2H3. The van der Waals surface area contributed by atoms with Crippen molar-refractivity contribution in [2.75, 3.05) is 0 Å². The molecule has 90 valence electrons. The summed E-state index contributed by atoms with van der Waals surface area (Å²) in [6, 6.07) is 8.06. The average Bonchev–Trinajstić information content (AvgIpc) is 2.69. The van der Waals surface area contributed by atoms with Crippen LogP contribution in [0.25, 0.3) is 0 Å². The third-order valence-corrected chi connectivity index (χ3v) is 3.26. The molecule has 1 aromatic carbocycles. The van der Waals surface area contributed by atoms with E-state index in [0.717, 1.165) is 10.2 Å². The summed E-state index contributed by atoms with van der Waals surface area (Å²) in [6.45, 7) is 4.52. The second-order valence-corrected chi connectivity index (χ2v) is 5.47. The van der Waals surface area contributed by atoms with E-state index in [1.54, 1.807) is 4.68 Å². The van der Waals surface area contributed by atoms with E-state index in [9.17, 15) is 0 Å². The van der Waals surface area contributed by atoms with Crippen molar-refractivity contribution < 1.29 is 0 Å². The van der Waals surface area contributed by atoms with Crippen LogP contribution >= 0.6 is 15.9 Å². The molecule has 0 fully saturated rings. The number of nitrogens with two attached hydrogens (primary N) is 1. The lowest BCUT2D eigenvalue weighted by Gasteiger charge is -2.13. The topological polar surface area (TPSA) is 56.7 Å². The van der Waals surface area contributed by atoms with Crippen LogP contribution in [-0.2, 0) is 12.1 Å². The van der Waals surface area contributed by atoms with Gasteiger partial charge in [0.1, 0.15) is 5.69 Å². The normalized spacial score (nSPS) is 11.8. The van der Waals surface area contributed by atoms with Crippen molar-refractivity contribution in [2.45, 2.75) is 25.9 Å². The first-order valence-corrected chi connectivity index (χ1v) is 6.19. The SMILES string of the molecule is CC(C)(N)c1cn(Cc2ccccc2Br)nn1. The third kappa shape index (κ3) is 2.92. The molecule has 0 radical (unpaired) electrons. The summed E-state index contributed by atoms with van der Waals surface area (Å²) >= 11 is 3.51. The average molecular weight is 295 g/mol. The monoisotopic (exact) mass is 294 g/mol. The van der Waals surface area contributed by atoms with Gasteiger partial charge >= 0.3 is 0 Å². The zero-order chi connectivity index (χ0) is 12.5. The van der Waals surface area contributed by atoms with E-state index in [1.807, 2.05) is 38.2 Å². The van der Waals surface area contributed by atoms with Crippen LogP contribution in [-0.4, -0.2) is 15.0 Å². The van der Waals surface area contributed by atoms with Gasteiger partial charge < -0.3 is 5.73 Å². The van der Waals surface area contributed by atoms with E-state index in [1.165, 1.54) is 5.56 Å². The second-order valence-electron chi connectivity index (χ2n) is 4.61. The Morgan fingerprint density at radius 3 is 2.65 bits per heavy atom. The van der Waals surface area contributed by atoms with Gasteiger partial charge in [-0.15, -0.1) is 5.10 Å². The zero-order valence-corrected chi connectivity index (χ0v) is 11.5. The van der Waals surface area contributed by atoms with Crippen molar-refractivity contribution in [3.63, 3.8) is 0 Å². The van der Waals surface area contributed by atoms with Gasteiger partial charge in [0.25, 0.3) is 0 Å². The van der Waals surface area contributed by atoms with Crippen LogP contribution in [0.3, 0.4) is 0 Å². The van der Waals surface area contributed by atoms with E-state index in [4.69, 9.17) is 5.73 Å². The van der Waals surface area contributed by atoms with Gasteiger partial charge in [-0.25, -0.2) is 4.68 Å². The predicted molar refractivity (Wildman–Crippen MR) is 70.5 cm³/mol. The molecule has 0 aliphatic carbocycles. The molecule has 0 saturated carbocycles. The summed E-state index contributed by atoms with van der Waals surface area (Å²) in [6.07, 6.45) is 1.89. The molecule has 0 aliphatic rings. The van der Waals surface area contributed by atoms with Gasteiger partial charge in [-0.3, -0.25) is 0 Å². The third-order valence-electron chi connectivity index (χ3n) is 2.49. The van der Waals surface area contributed by atoms with E-state index in [-0.39, 0.29) is 0 Å². The Bertz CT molecular complexity index is 513. The number of nitrogens with zero attached hydrogens (tertiary/aromatic N) is 3. The summed E-state index contributed by atoms with van der Waals surface area (Å²) in [5, 5.41) is 8.17. The highest BCUT2D eigenvalue weighted by Crippen LogP contribution is 2.18. The fourth-order valence-corrected chi connectivity index (χ4v) is 1.88. The minimum atomic E-state index is -0.452. The molecule has 2 aromatic rings. The maximum Gasteiger partial charge on any atom is 0.102 e. The summed E-state index contributed by atoms with van der Waals surface area (Å²) in [4.78, 5) is 0. The van der Waals surface area contributed by atoms with Gasteiger partial charge in [0, 0.05) is 4.47 Å². The molecule has 0 bridgehead atoms. The van der Waals surface area contributed by atoms with Crippen LogP contribution < -0.4 is 5.73 Å². The predicted octanol–water partition coefficient (Wildman–Crippen LogP) is 2.28. The van der Waals surface area contributed by atoms with Crippen LogP contribution in [0.2, 0.25) is 0 Å². The largest absolute Gasteiger partial charge is 0.320 e. The molecule has 0 atom stereocenters. The first-order chi connectivity index (χ1) is 7.97. The van der Waals surface area contributed by atoms with E-state index in [0.29, 0.717) is 6.54 Å². The molecule has 17 heavy (non-hydrogen) atoms. The molecule has 0 aliphatic heterocycles. The smallest absolute Gasteiger partial charge is 0.102 e. The fourth-order valence-electron chi connectivity index (χ4n) is 1.47. The van der Waals surface area contributed by atoms with Crippen molar-refractivity contribution in [2.24, 2.45) is 5.73 Å². The van der Waals surface area contributed by atoms with E-state index < -0.39 is 5.54 Å². The Hall–Kier alpha value is -1.20. The minimum Gasteiger partial charge on any atom is -0.320 e. The number of aromatic nitrogens is 3. The maximum atomic E-state index is 5.97. The fraction of sp³-hybridized carbons (Fsp3) is 0.333. The van der Waals surface area contributed by atoms with Crippen LogP contribution in [0.5, 0.6) is 0 Å². The molecule has 2 N–H and O–H groups in total. The van der Waals surface area contributed by atoms with Crippen LogP contribution in [0.15, 0.2) is 34.9 Å². The van der Waals surface area contributed by atoms with Crippen molar-refractivity contribution in [1.82, 2.24) is 15.0 Å². The molecular weight excluding hydrogens is 280 g/mol. The van der Waals surface area contributed by atoms with Crippen molar-refractivity contribution >= 4 is 15.9 Å². The summed E-state index contributed by atoms with van der Waals surface area (Å²) in [5.41, 5.74) is 7.48. The number of halogens is 1. The van der Waals surface area contributed by atoms with Crippen LogP contribution in [0.1, 0.15) is 25.1 Å². The number of rotatable bonds is 3. The Morgan fingerprint density at radius 2 is 2.06 bits per heavy atom. The minimum absolute atomic E-state index is 0.452. The molecule has 0 unspecified atom stereocenters. The lowest BCUT2D eigenvalue weighted by molar-refractivity contribution is 0.533. The van der Waals surface area contributed by atoms with Gasteiger partial charge in [-0.05, 0) is 25.5 Å². The second kappa shape index (κ2) is 4.58. The molecule has 0 saturated heterocycles. The highest BCUT2D eigenvalue weighted by Gasteiger charge is 2.18. The number of hydrogen-bond donors (Lipinski definition) is 1. The summed E-state index contributed by atoms with van der Waals surface area (Å²) in [5.74, 6) is 0. The number of hydrogen-bond acceptors (Lipinski definition) is 3. The van der Waals surface area contributed by atoms with Gasteiger partial charge in [-0.1, -0.05) is 39.3 Å². The van der Waals surface area contributed by atoms with Gasteiger partial charge in [-0.2, -0.15) is 0 Å². The van der Waals surface area contributed by atoms with Crippen molar-refractivity contribution in [1.29, 1.82) is 0 Å². The first-order valence-electron chi connectivity index (χ1n) is 5.40. The maximum absolute atomic E-state index is 5.97. The van der Waals surface area contributed by atoms with Crippen molar-refractivity contribution in [3.8, 4) is 0 Å². The molecule has 4 nitrogen and oxygen atoms in total. The van der Waals surface area contributed by atoms with Crippen LogP contribution in [0.4, 0.5) is 0 Å². The molecule has 1 heterocycles. The number of benzene rings is 1. The molecule has 2 rings (SSSR count). The molecule has 1 aromatic heterocycles. The van der Waals surface area contributed by atoms with Crippen LogP contribution in [0, 0.1) is 0 Å². The van der Waals surface area contributed by atoms with E-state index in [2.05, 4.69) is 32.3 Å². The Morgan fingerprint density at radius 1 is 1.35 bits per heavy atom. The van der Waals surface area contributed by atoms with Gasteiger partial charge in [0.2, 0.25) is 0 Å². The Kier molecular flexibility index (Phi) is 3.31. The summed E-state index contributed by atoms with van der Waals surface area (Å²) < 4.78 is 2.87. The Balaban J connectivity index is 2.21. The van der Waals surface area contributed by atoms with Gasteiger partial charge in [0.15, 0.2) is 0 Å². The highest BCUT2D eigenvalue weighted by atomic mass is 79.9. The molecule has 0 amide bonds. The lowest BCUT2D eigenvalue weighted by atomic mass is 10.0. The van der Waals surface area contributed by atoms with E-state index >= 15 is 0 Å². The lowest BCUT2D eigenvalue weighted by Crippen LogP contribution is -2.29. The molecular formula is C12H15BrN4. The molecule has 0 spiro atoms. The summed E-state index contributed by atoms with van der Waals surface area (Å²) in [7, 11) is 0.